The van der Waals surface area contributed by atoms with Crippen molar-refractivity contribution in [2.75, 3.05) is 6.54 Å². The van der Waals surface area contributed by atoms with Gasteiger partial charge >= 0.3 is 0 Å². The second-order valence-electron chi connectivity index (χ2n) is 3.91. The molecule has 6 heteroatoms. The zero-order valence-electron chi connectivity index (χ0n) is 9.35. The van der Waals surface area contributed by atoms with Crippen molar-refractivity contribution in [2.45, 2.75) is 19.4 Å². The molecule has 1 aliphatic heterocycles. The molecule has 2 amide bonds. The summed E-state index contributed by atoms with van der Waals surface area (Å²) in [5, 5.41) is 0. The largest absolute Gasteiger partial charge is 0.337 e. The molecule has 2 heterocycles. The van der Waals surface area contributed by atoms with Gasteiger partial charge in [0.1, 0.15) is 5.69 Å². The number of carbonyl (C=O) groups is 2. The number of rotatable bonds is 3. The van der Waals surface area contributed by atoms with Crippen LogP contribution in [0.2, 0.25) is 0 Å². The normalized spacial score (nSPS) is 15.1. The molecule has 1 saturated heterocycles. The second kappa shape index (κ2) is 4.92. The first-order valence-corrected chi connectivity index (χ1v) is 5.45. The lowest BCUT2D eigenvalue weighted by Gasteiger charge is -2.14. The molecule has 6 nitrogen and oxygen atoms in total. The maximum atomic E-state index is 11.5. The van der Waals surface area contributed by atoms with Gasteiger partial charge in [0.25, 0.3) is 5.91 Å². The van der Waals surface area contributed by atoms with Crippen molar-refractivity contribution in [3.8, 4) is 0 Å². The number of nitrogens with one attached hydrogen (secondary N) is 1. The third kappa shape index (κ3) is 2.59. The quantitative estimate of drug-likeness (QED) is 0.431. The van der Waals surface area contributed by atoms with Gasteiger partial charge in [-0.15, -0.1) is 0 Å². The summed E-state index contributed by atoms with van der Waals surface area (Å²) in [4.78, 5) is 28.6. The van der Waals surface area contributed by atoms with Crippen LogP contribution in [0.1, 0.15) is 29.0 Å². The smallest absolute Gasteiger partial charge is 0.283 e. The van der Waals surface area contributed by atoms with E-state index in [0.29, 0.717) is 18.7 Å². The fourth-order valence-electron chi connectivity index (χ4n) is 1.83. The van der Waals surface area contributed by atoms with Crippen LogP contribution in [-0.2, 0) is 11.3 Å². The first-order chi connectivity index (χ1) is 8.20. The van der Waals surface area contributed by atoms with Crippen molar-refractivity contribution in [3.63, 3.8) is 0 Å². The van der Waals surface area contributed by atoms with Crippen molar-refractivity contribution in [2.24, 2.45) is 5.84 Å². The number of pyridine rings is 1. The van der Waals surface area contributed by atoms with E-state index in [-0.39, 0.29) is 11.6 Å². The molecule has 3 N–H and O–H groups in total. The molecule has 0 radical (unpaired) electrons. The van der Waals surface area contributed by atoms with Gasteiger partial charge in [0.2, 0.25) is 5.91 Å². The van der Waals surface area contributed by atoms with Crippen molar-refractivity contribution < 1.29 is 9.59 Å². The fourth-order valence-corrected chi connectivity index (χ4v) is 1.83. The molecule has 1 fully saturated rings. The molecule has 0 aliphatic carbocycles. The number of likely N-dealkylation sites (tertiary alicyclic amines) is 1. The van der Waals surface area contributed by atoms with Gasteiger partial charge in [-0.3, -0.25) is 15.0 Å². The van der Waals surface area contributed by atoms with Crippen molar-refractivity contribution >= 4 is 11.8 Å². The molecule has 0 aromatic carbocycles. The van der Waals surface area contributed by atoms with Crippen molar-refractivity contribution in [1.82, 2.24) is 15.3 Å². The van der Waals surface area contributed by atoms with E-state index in [2.05, 4.69) is 4.98 Å². The van der Waals surface area contributed by atoms with E-state index in [9.17, 15) is 9.59 Å². The van der Waals surface area contributed by atoms with E-state index >= 15 is 0 Å². The number of hydrazine groups is 1. The van der Waals surface area contributed by atoms with Gasteiger partial charge in [0.05, 0.1) is 12.2 Å². The van der Waals surface area contributed by atoms with E-state index in [4.69, 9.17) is 5.84 Å². The molecule has 90 valence electrons. The van der Waals surface area contributed by atoms with Gasteiger partial charge in [-0.05, 0) is 18.6 Å². The number of hydrogen-bond acceptors (Lipinski definition) is 4. The highest BCUT2D eigenvalue weighted by atomic mass is 16.2. The van der Waals surface area contributed by atoms with Gasteiger partial charge in [-0.25, -0.2) is 10.8 Å². The Morgan fingerprint density at radius 1 is 1.53 bits per heavy atom. The Morgan fingerprint density at radius 3 is 3.00 bits per heavy atom. The third-order valence-corrected chi connectivity index (χ3v) is 2.69. The number of carbonyl (C=O) groups excluding carboxylic acids is 2. The Balaban J connectivity index is 2.11. The van der Waals surface area contributed by atoms with E-state index in [1.165, 1.54) is 0 Å². The summed E-state index contributed by atoms with van der Waals surface area (Å²) >= 11 is 0. The van der Waals surface area contributed by atoms with Gasteiger partial charge < -0.3 is 4.90 Å². The van der Waals surface area contributed by atoms with Crippen LogP contribution in [0.15, 0.2) is 18.2 Å². The molecule has 1 aromatic heterocycles. The summed E-state index contributed by atoms with van der Waals surface area (Å²) in [6.45, 7) is 1.21. The lowest BCUT2D eigenvalue weighted by molar-refractivity contribution is -0.128. The van der Waals surface area contributed by atoms with E-state index < -0.39 is 5.91 Å². The van der Waals surface area contributed by atoms with Crippen LogP contribution in [0.4, 0.5) is 0 Å². The number of hydrogen-bond donors (Lipinski definition) is 2. The first-order valence-electron chi connectivity index (χ1n) is 5.45. The minimum Gasteiger partial charge on any atom is -0.337 e. The van der Waals surface area contributed by atoms with Gasteiger partial charge in [0, 0.05) is 13.0 Å². The molecule has 1 aliphatic rings. The Labute approximate surface area is 98.8 Å². The number of nitrogen functional groups attached to an aromatic ring is 1. The predicted octanol–water partition coefficient (Wildman–Crippen LogP) is -0.193. The van der Waals surface area contributed by atoms with Crippen LogP contribution in [0.3, 0.4) is 0 Å². The average molecular weight is 234 g/mol. The molecule has 0 bridgehead atoms. The summed E-state index contributed by atoms with van der Waals surface area (Å²) in [6.07, 6.45) is 1.49. The third-order valence-electron chi connectivity index (χ3n) is 2.69. The number of aromatic nitrogens is 1. The second-order valence-corrected chi connectivity index (χ2v) is 3.91. The molecule has 0 atom stereocenters. The van der Waals surface area contributed by atoms with Gasteiger partial charge in [0.15, 0.2) is 0 Å². The minimum atomic E-state index is -0.431. The number of amides is 2. The Hall–Kier alpha value is -1.95. The highest BCUT2D eigenvalue weighted by Gasteiger charge is 2.20. The molecular formula is C11H14N4O2. The molecule has 0 unspecified atom stereocenters. The molecule has 2 rings (SSSR count). The van der Waals surface area contributed by atoms with Crippen LogP contribution >= 0.6 is 0 Å². The Kier molecular flexibility index (Phi) is 3.34. The maximum absolute atomic E-state index is 11.5. The van der Waals surface area contributed by atoms with Crippen molar-refractivity contribution in [3.05, 3.63) is 29.6 Å². The highest BCUT2D eigenvalue weighted by Crippen LogP contribution is 2.13. The van der Waals surface area contributed by atoms with Crippen LogP contribution in [0.25, 0.3) is 0 Å². The lowest BCUT2D eigenvalue weighted by Crippen LogP contribution is -2.31. The van der Waals surface area contributed by atoms with Gasteiger partial charge in [-0.1, -0.05) is 6.07 Å². The van der Waals surface area contributed by atoms with Crippen LogP contribution in [0.5, 0.6) is 0 Å². The van der Waals surface area contributed by atoms with Crippen LogP contribution in [-0.4, -0.2) is 28.2 Å². The average Bonchev–Trinajstić information content (AvgIpc) is 2.74. The Morgan fingerprint density at radius 2 is 2.35 bits per heavy atom. The summed E-state index contributed by atoms with van der Waals surface area (Å²) in [5.41, 5.74) is 2.99. The SMILES string of the molecule is NNC(=O)c1cccc(CN2CCCC2=O)n1. The van der Waals surface area contributed by atoms with Crippen LogP contribution in [0, 0.1) is 0 Å². The van der Waals surface area contributed by atoms with E-state index in [1.807, 2.05) is 5.43 Å². The Bertz CT molecular complexity index is 447. The molecular weight excluding hydrogens is 220 g/mol. The zero-order chi connectivity index (χ0) is 12.3. The number of nitrogens with zero attached hydrogens (tertiary/aromatic N) is 2. The summed E-state index contributed by atoms with van der Waals surface area (Å²) in [5.74, 6) is 4.74. The fraction of sp³-hybridized carbons (Fsp3) is 0.364. The standard InChI is InChI=1S/C11H14N4O2/c12-14-11(17)9-4-1-3-8(13-9)7-15-6-2-5-10(15)16/h1,3-4H,2,5-7,12H2,(H,14,17). The molecule has 17 heavy (non-hydrogen) atoms. The molecule has 0 spiro atoms. The van der Waals surface area contributed by atoms with Gasteiger partial charge in [-0.2, -0.15) is 0 Å². The monoisotopic (exact) mass is 234 g/mol. The summed E-state index contributed by atoms with van der Waals surface area (Å²) < 4.78 is 0. The first kappa shape index (κ1) is 11.5. The van der Waals surface area contributed by atoms with E-state index in [1.54, 1.807) is 23.1 Å². The predicted molar refractivity (Wildman–Crippen MR) is 60.5 cm³/mol. The van der Waals surface area contributed by atoms with E-state index in [0.717, 1.165) is 13.0 Å². The molecule has 0 saturated carbocycles. The topological polar surface area (TPSA) is 88.3 Å². The maximum Gasteiger partial charge on any atom is 0.283 e. The zero-order valence-corrected chi connectivity index (χ0v) is 9.35. The highest BCUT2D eigenvalue weighted by molar-refractivity contribution is 5.91. The van der Waals surface area contributed by atoms with Crippen LogP contribution < -0.4 is 11.3 Å². The van der Waals surface area contributed by atoms with Crippen molar-refractivity contribution in [1.29, 1.82) is 0 Å². The molecule has 1 aromatic rings. The lowest BCUT2D eigenvalue weighted by atomic mass is 10.3. The summed E-state index contributed by atoms with van der Waals surface area (Å²) in [6, 6.07) is 5.10. The summed E-state index contributed by atoms with van der Waals surface area (Å²) in [7, 11) is 0. The number of nitrogens with two attached hydrogens (primary N) is 1. The minimum absolute atomic E-state index is 0.139.